The summed E-state index contributed by atoms with van der Waals surface area (Å²) in [5.41, 5.74) is 1.21. The molecule has 1 rings (SSSR count). The Morgan fingerprint density at radius 1 is 1.47 bits per heavy atom. The Labute approximate surface area is 125 Å². The van der Waals surface area contributed by atoms with Crippen LogP contribution in [0.15, 0.2) is 29.4 Å². The highest BCUT2D eigenvalue weighted by atomic mass is 79.9. The first-order valence-electron chi connectivity index (χ1n) is 6.63. The molecular formula is C15H24BrN3. The average molecular weight is 326 g/mol. The number of rotatable bonds is 6. The maximum atomic E-state index is 4.61. The van der Waals surface area contributed by atoms with Crippen LogP contribution in [0.4, 0.5) is 5.82 Å². The van der Waals surface area contributed by atoms with Crippen molar-refractivity contribution in [2.45, 2.75) is 39.8 Å². The maximum Gasteiger partial charge on any atom is 0.133 e. The van der Waals surface area contributed by atoms with E-state index in [0.717, 1.165) is 29.9 Å². The molecule has 0 fully saturated rings. The summed E-state index contributed by atoms with van der Waals surface area (Å²) >= 11 is 3.50. The summed E-state index contributed by atoms with van der Waals surface area (Å²) < 4.78 is 1.01. The van der Waals surface area contributed by atoms with Crippen LogP contribution in [0, 0.1) is 0 Å². The summed E-state index contributed by atoms with van der Waals surface area (Å²) in [6, 6.07) is 2.13. The van der Waals surface area contributed by atoms with E-state index in [-0.39, 0.29) is 5.54 Å². The number of nitrogens with zero attached hydrogens (tertiary/aromatic N) is 2. The van der Waals surface area contributed by atoms with E-state index in [1.807, 2.05) is 12.3 Å². The van der Waals surface area contributed by atoms with Crippen molar-refractivity contribution in [3.8, 4) is 0 Å². The Bertz CT molecular complexity index is 424. The highest BCUT2D eigenvalue weighted by Crippen LogP contribution is 2.27. The van der Waals surface area contributed by atoms with Gasteiger partial charge in [-0.2, -0.15) is 0 Å². The summed E-state index contributed by atoms with van der Waals surface area (Å²) in [6.07, 6.45) is 3.78. The molecule has 0 saturated carbocycles. The molecule has 1 heterocycles. The third kappa shape index (κ3) is 4.62. The van der Waals surface area contributed by atoms with Crippen LogP contribution in [0.2, 0.25) is 0 Å². The Kier molecular flexibility index (Phi) is 6.01. The highest BCUT2D eigenvalue weighted by molar-refractivity contribution is 9.10. The van der Waals surface area contributed by atoms with Crippen molar-refractivity contribution in [2.75, 3.05) is 18.0 Å². The maximum absolute atomic E-state index is 4.61. The molecular weight excluding hydrogens is 302 g/mol. The number of anilines is 1. The van der Waals surface area contributed by atoms with Crippen molar-refractivity contribution in [3.05, 3.63) is 35.0 Å². The molecule has 0 aromatic carbocycles. The lowest BCUT2D eigenvalue weighted by molar-refractivity contribution is 0.514. The molecule has 1 aromatic rings. The zero-order valence-corrected chi connectivity index (χ0v) is 13.9. The van der Waals surface area contributed by atoms with Gasteiger partial charge in [-0.15, -0.1) is 6.58 Å². The molecule has 0 amide bonds. The Morgan fingerprint density at radius 3 is 2.68 bits per heavy atom. The van der Waals surface area contributed by atoms with E-state index < -0.39 is 0 Å². The average Bonchev–Trinajstić information content (AvgIpc) is 2.33. The fourth-order valence-electron chi connectivity index (χ4n) is 1.91. The fourth-order valence-corrected chi connectivity index (χ4v) is 2.29. The molecule has 0 saturated heterocycles. The number of hydrogen-bond donors (Lipinski definition) is 1. The number of halogens is 1. The Hall–Kier alpha value is -0.870. The SMILES string of the molecule is C=CCN(c1ncc(Br)cc1CNCC)C(C)(C)C. The van der Waals surface area contributed by atoms with Gasteiger partial charge in [0, 0.05) is 34.9 Å². The lowest BCUT2D eigenvalue weighted by Crippen LogP contribution is -2.43. The van der Waals surface area contributed by atoms with Crippen LogP contribution in [-0.4, -0.2) is 23.6 Å². The summed E-state index contributed by atoms with van der Waals surface area (Å²) in [4.78, 5) is 6.88. The fraction of sp³-hybridized carbons (Fsp3) is 0.533. The van der Waals surface area contributed by atoms with E-state index in [0.29, 0.717) is 0 Å². The molecule has 4 heteroatoms. The monoisotopic (exact) mass is 325 g/mol. The number of pyridine rings is 1. The second-order valence-electron chi connectivity index (χ2n) is 5.49. The summed E-state index contributed by atoms with van der Waals surface area (Å²) in [6.45, 7) is 15.1. The van der Waals surface area contributed by atoms with Gasteiger partial charge in [0.1, 0.15) is 5.82 Å². The smallest absolute Gasteiger partial charge is 0.133 e. The first kappa shape index (κ1) is 16.2. The molecule has 0 radical (unpaired) electrons. The zero-order chi connectivity index (χ0) is 14.5. The molecule has 0 bridgehead atoms. The third-order valence-corrected chi connectivity index (χ3v) is 3.29. The summed E-state index contributed by atoms with van der Waals surface area (Å²) in [5.74, 6) is 1.02. The lowest BCUT2D eigenvalue weighted by Gasteiger charge is -2.37. The predicted octanol–water partition coefficient (Wildman–Crippen LogP) is 3.74. The zero-order valence-electron chi connectivity index (χ0n) is 12.3. The minimum absolute atomic E-state index is 0.00990. The molecule has 106 valence electrons. The van der Waals surface area contributed by atoms with Crippen molar-refractivity contribution in [1.29, 1.82) is 0 Å². The summed E-state index contributed by atoms with van der Waals surface area (Å²) in [7, 11) is 0. The standard InChI is InChI=1S/C15H24BrN3/c1-6-8-19(15(3,4)5)14-12(10-17-7-2)9-13(16)11-18-14/h6,9,11,17H,1,7-8,10H2,2-5H3. The normalized spacial score (nSPS) is 11.4. The van der Waals surface area contributed by atoms with Gasteiger partial charge in [0.05, 0.1) is 0 Å². The van der Waals surface area contributed by atoms with Gasteiger partial charge in [-0.25, -0.2) is 4.98 Å². The van der Waals surface area contributed by atoms with Gasteiger partial charge in [0.25, 0.3) is 0 Å². The Morgan fingerprint density at radius 2 is 2.16 bits per heavy atom. The van der Waals surface area contributed by atoms with Gasteiger partial charge in [0.15, 0.2) is 0 Å². The second-order valence-corrected chi connectivity index (χ2v) is 6.40. The molecule has 3 nitrogen and oxygen atoms in total. The first-order chi connectivity index (χ1) is 8.90. The van der Waals surface area contributed by atoms with Gasteiger partial charge in [-0.1, -0.05) is 13.0 Å². The molecule has 0 spiro atoms. The number of aromatic nitrogens is 1. The molecule has 0 atom stereocenters. The molecule has 0 aliphatic heterocycles. The third-order valence-electron chi connectivity index (χ3n) is 2.85. The van der Waals surface area contributed by atoms with Crippen molar-refractivity contribution >= 4 is 21.7 Å². The molecule has 0 unspecified atom stereocenters. The van der Waals surface area contributed by atoms with Crippen LogP contribution in [-0.2, 0) is 6.54 Å². The van der Waals surface area contributed by atoms with Gasteiger partial charge in [-0.05, 0) is 49.3 Å². The van der Waals surface area contributed by atoms with Gasteiger partial charge in [-0.3, -0.25) is 0 Å². The Balaban J connectivity index is 3.17. The quantitative estimate of drug-likeness (QED) is 0.807. The minimum Gasteiger partial charge on any atom is -0.348 e. The van der Waals surface area contributed by atoms with E-state index in [4.69, 9.17) is 0 Å². The lowest BCUT2D eigenvalue weighted by atomic mass is 10.0. The van der Waals surface area contributed by atoms with Crippen molar-refractivity contribution < 1.29 is 0 Å². The van der Waals surface area contributed by atoms with Crippen LogP contribution in [0.5, 0.6) is 0 Å². The van der Waals surface area contributed by atoms with Gasteiger partial charge in [0.2, 0.25) is 0 Å². The van der Waals surface area contributed by atoms with Gasteiger partial charge >= 0.3 is 0 Å². The minimum atomic E-state index is 0.00990. The molecule has 1 aromatic heterocycles. The van der Waals surface area contributed by atoms with E-state index >= 15 is 0 Å². The van der Waals surface area contributed by atoms with Crippen LogP contribution in [0.1, 0.15) is 33.3 Å². The van der Waals surface area contributed by atoms with E-state index in [2.05, 4.69) is 71.5 Å². The van der Waals surface area contributed by atoms with Crippen LogP contribution in [0.25, 0.3) is 0 Å². The van der Waals surface area contributed by atoms with Crippen molar-refractivity contribution in [3.63, 3.8) is 0 Å². The largest absolute Gasteiger partial charge is 0.348 e. The van der Waals surface area contributed by atoms with Crippen molar-refractivity contribution in [2.24, 2.45) is 0 Å². The summed E-state index contributed by atoms with van der Waals surface area (Å²) in [5, 5.41) is 3.37. The van der Waals surface area contributed by atoms with Crippen LogP contribution >= 0.6 is 15.9 Å². The van der Waals surface area contributed by atoms with Crippen molar-refractivity contribution in [1.82, 2.24) is 10.3 Å². The number of hydrogen-bond acceptors (Lipinski definition) is 3. The predicted molar refractivity (Wildman–Crippen MR) is 86.6 cm³/mol. The van der Waals surface area contributed by atoms with Crippen LogP contribution in [0.3, 0.4) is 0 Å². The first-order valence-corrected chi connectivity index (χ1v) is 7.43. The molecule has 0 aliphatic carbocycles. The van der Waals surface area contributed by atoms with E-state index in [9.17, 15) is 0 Å². The van der Waals surface area contributed by atoms with Crippen LogP contribution < -0.4 is 10.2 Å². The second kappa shape index (κ2) is 7.06. The topological polar surface area (TPSA) is 28.2 Å². The van der Waals surface area contributed by atoms with E-state index in [1.165, 1.54) is 5.56 Å². The number of nitrogens with one attached hydrogen (secondary N) is 1. The highest BCUT2D eigenvalue weighted by Gasteiger charge is 2.23. The van der Waals surface area contributed by atoms with Gasteiger partial charge < -0.3 is 10.2 Å². The molecule has 1 N–H and O–H groups in total. The van der Waals surface area contributed by atoms with E-state index in [1.54, 1.807) is 0 Å². The molecule has 19 heavy (non-hydrogen) atoms. The molecule has 0 aliphatic rings.